The molecule has 26 heavy (non-hydrogen) atoms. The van der Waals surface area contributed by atoms with Gasteiger partial charge >= 0.3 is 6.03 Å². The summed E-state index contributed by atoms with van der Waals surface area (Å²) in [5.74, 6) is -0.886. The van der Waals surface area contributed by atoms with Crippen LogP contribution in [0.5, 0.6) is 0 Å². The Balaban J connectivity index is 1.56. The van der Waals surface area contributed by atoms with E-state index in [1.54, 1.807) is 4.90 Å². The van der Waals surface area contributed by atoms with E-state index in [-0.39, 0.29) is 12.6 Å². The first-order chi connectivity index (χ1) is 12.5. The first kappa shape index (κ1) is 18.4. The summed E-state index contributed by atoms with van der Waals surface area (Å²) in [7, 11) is 0. The van der Waals surface area contributed by atoms with Gasteiger partial charge in [0, 0.05) is 12.6 Å². The van der Waals surface area contributed by atoms with Crippen molar-refractivity contribution in [2.45, 2.75) is 57.2 Å². The summed E-state index contributed by atoms with van der Waals surface area (Å²) in [4.78, 5) is 37.8. The third-order valence-corrected chi connectivity index (χ3v) is 5.21. The minimum atomic E-state index is -0.544. The average Bonchev–Trinajstić information content (AvgIpc) is 2.61. The zero-order chi connectivity index (χ0) is 18.5. The number of primary amides is 1. The van der Waals surface area contributed by atoms with Crippen molar-refractivity contribution in [2.24, 2.45) is 5.73 Å². The molecule has 7 nitrogen and oxygen atoms in total. The second-order valence-corrected chi connectivity index (χ2v) is 7.15. The number of hydrogen-bond donors (Lipinski definition) is 3. The third-order valence-electron chi connectivity index (χ3n) is 5.21. The smallest absolute Gasteiger partial charge is 0.321 e. The fourth-order valence-electron chi connectivity index (χ4n) is 3.84. The number of nitrogens with zero attached hydrogens (tertiary/aromatic N) is 1. The maximum atomic E-state index is 12.3. The van der Waals surface area contributed by atoms with Gasteiger partial charge in [0.2, 0.25) is 11.8 Å². The molecular weight excluding hydrogens is 332 g/mol. The van der Waals surface area contributed by atoms with Crippen molar-refractivity contribution in [3.05, 3.63) is 35.4 Å². The Morgan fingerprint density at radius 3 is 2.46 bits per heavy atom. The average molecular weight is 358 g/mol. The number of hydrogen-bond acceptors (Lipinski definition) is 4. The van der Waals surface area contributed by atoms with Crippen molar-refractivity contribution >= 4 is 17.8 Å². The number of nitrogens with one attached hydrogen (secondary N) is 2. The Bertz CT molecular complexity index is 685. The summed E-state index contributed by atoms with van der Waals surface area (Å²) in [6.07, 6.45) is 5.79. The van der Waals surface area contributed by atoms with E-state index in [1.165, 1.54) is 6.42 Å². The standard InChI is InChI=1S/C19H26N4O3/c20-18(25)16-10-13-6-4-5-7-14(13)11-23(16)12-17(24)22-19(26)21-15-8-2-1-3-9-15/h4-7,15-16H,1-3,8-12H2,(H2,20,25)(H2,21,22,24,26). The van der Waals surface area contributed by atoms with Gasteiger partial charge in [0.15, 0.2) is 0 Å². The number of fused-ring (bicyclic) bond motifs is 1. The van der Waals surface area contributed by atoms with E-state index in [2.05, 4.69) is 10.6 Å². The van der Waals surface area contributed by atoms with E-state index in [1.807, 2.05) is 24.3 Å². The molecule has 1 aliphatic carbocycles. The normalized spacial score (nSPS) is 20.8. The predicted molar refractivity (Wildman–Crippen MR) is 97.1 cm³/mol. The molecule has 1 aromatic carbocycles. The second-order valence-electron chi connectivity index (χ2n) is 7.15. The number of urea groups is 1. The molecule has 0 aromatic heterocycles. The van der Waals surface area contributed by atoms with Gasteiger partial charge in [-0.15, -0.1) is 0 Å². The molecular formula is C19H26N4O3. The van der Waals surface area contributed by atoms with Crippen LogP contribution in [0.4, 0.5) is 4.79 Å². The van der Waals surface area contributed by atoms with E-state index in [9.17, 15) is 14.4 Å². The van der Waals surface area contributed by atoms with Crippen molar-refractivity contribution in [3.8, 4) is 0 Å². The lowest BCUT2D eigenvalue weighted by atomic mass is 9.93. The molecule has 1 aliphatic heterocycles. The molecule has 2 aliphatic rings. The van der Waals surface area contributed by atoms with Crippen LogP contribution in [0.3, 0.4) is 0 Å². The number of amides is 4. The Kier molecular flexibility index (Phi) is 5.88. The van der Waals surface area contributed by atoms with Crippen LogP contribution in [-0.4, -0.2) is 41.4 Å². The van der Waals surface area contributed by atoms with Crippen molar-refractivity contribution in [1.29, 1.82) is 0 Å². The summed E-state index contributed by atoms with van der Waals surface area (Å²) in [5.41, 5.74) is 7.67. The van der Waals surface area contributed by atoms with Crippen LogP contribution in [0.15, 0.2) is 24.3 Å². The molecule has 1 fully saturated rings. The molecule has 0 spiro atoms. The summed E-state index contributed by atoms with van der Waals surface area (Å²) in [5, 5.41) is 5.23. The van der Waals surface area contributed by atoms with Crippen molar-refractivity contribution < 1.29 is 14.4 Å². The summed E-state index contributed by atoms with van der Waals surface area (Å²) in [6, 6.07) is 6.94. The second kappa shape index (κ2) is 8.31. The van der Waals surface area contributed by atoms with Gasteiger partial charge in [-0.1, -0.05) is 43.5 Å². The van der Waals surface area contributed by atoms with Gasteiger partial charge in [-0.3, -0.25) is 19.8 Å². The van der Waals surface area contributed by atoms with E-state index >= 15 is 0 Å². The van der Waals surface area contributed by atoms with Crippen LogP contribution in [0.25, 0.3) is 0 Å². The van der Waals surface area contributed by atoms with Crippen molar-refractivity contribution in [2.75, 3.05) is 6.54 Å². The molecule has 4 N–H and O–H groups in total. The topological polar surface area (TPSA) is 105 Å². The Hall–Kier alpha value is -2.41. The van der Waals surface area contributed by atoms with Crippen LogP contribution in [0.2, 0.25) is 0 Å². The lowest BCUT2D eigenvalue weighted by molar-refractivity contribution is -0.127. The zero-order valence-corrected chi connectivity index (χ0v) is 14.9. The first-order valence-corrected chi connectivity index (χ1v) is 9.23. The van der Waals surface area contributed by atoms with Gasteiger partial charge in [0.25, 0.3) is 0 Å². The lowest BCUT2D eigenvalue weighted by Crippen LogP contribution is -2.53. The zero-order valence-electron chi connectivity index (χ0n) is 14.9. The Morgan fingerprint density at radius 1 is 1.08 bits per heavy atom. The number of nitrogens with two attached hydrogens (primary N) is 1. The highest BCUT2D eigenvalue weighted by Crippen LogP contribution is 2.23. The predicted octanol–water partition coefficient (Wildman–Crippen LogP) is 1.06. The van der Waals surface area contributed by atoms with E-state index < -0.39 is 23.9 Å². The fraction of sp³-hybridized carbons (Fsp3) is 0.526. The van der Waals surface area contributed by atoms with Crippen LogP contribution < -0.4 is 16.4 Å². The SMILES string of the molecule is NC(=O)C1Cc2ccccc2CN1CC(=O)NC(=O)NC1CCCCC1. The highest BCUT2D eigenvalue weighted by molar-refractivity contribution is 5.95. The third kappa shape index (κ3) is 4.60. The Morgan fingerprint density at radius 2 is 1.77 bits per heavy atom. The van der Waals surface area contributed by atoms with E-state index in [4.69, 9.17) is 5.73 Å². The first-order valence-electron chi connectivity index (χ1n) is 9.23. The molecule has 1 atom stereocenters. The van der Waals surface area contributed by atoms with Gasteiger partial charge in [-0.05, 0) is 30.4 Å². The summed E-state index contributed by atoms with van der Waals surface area (Å²) < 4.78 is 0. The molecule has 0 radical (unpaired) electrons. The molecule has 0 saturated heterocycles. The fourth-order valence-corrected chi connectivity index (χ4v) is 3.84. The molecule has 0 bridgehead atoms. The van der Waals surface area contributed by atoms with Crippen LogP contribution in [-0.2, 0) is 22.6 Å². The largest absolute Gasteiger partial charge is 0.368 e. The molecule has 4 amide bonds. The number of carbonyl (C=O) groups excluding carboxylic acids is 3. The van der Waals surface area contributed by atoms with E-state index in [0.29, 0.717) is 13.0 Å². The molecule has 3 rings (SSSR count). The number of benzene rings is 1. The number of rotatable bonds is 4. The van der Waals surface area contributed by atoms with E-state index in [0.717, 1.165) is 36.8 Å². The number of imide groups is 1. The Labute approximate surface area is 153 Å². The molecule has 7 heteroatoms. The molecule has 140 valence electrons. The monoisotopic (exact) mass is 358 g/mol. The van der Waals surface area contributed by atoms with Crippen LogP contribution >= 0.6 is 0 Å². The number of carbonyl (C=O) groups is 3. The molecule has 1 unspecified atom stereocenters. The van der Waals surface area contributed by atoms with Crippen molar-refractivity contribution in [1.82, 2.24) is 15.5 Å². The van der Waals surface area contributed by atoms with Crippen LogP contribution in [0, 0.1) is 0 Å². The van der Waals surface area contributed by atoms with Gasteiger partial charge in [-0.25, -0.2) is 4.79 Å². The minimum Gasteiger partial charge on any atom is -0.368 e. The highest BCUT2D eigenvalue weighted by atomic mass is 16.2. The molecule has 1 aromatic rings. The quantitative estimate of drug-likeness (QED) is 0.748. The van der Waals surface area contributed by atoms with Crippen molar-refractivity contribution in [3.63, 3.8) is 0 Å². The van der Waals surface area contributed by atoms with Crippen LogP contribution in [0.1, 0.15) is 43.2 Å². The molecule has 1 saturated carbocycles. The maximum Gasteiger partial charge on any atom is 0.321 e. The van der Waals surface area contributed by atoms with Gasteiger partial charge < -0.3 is 11.1 Å². The minimum absolute atomic E-state index is 0.0416. The lowest BCUT2D eigenvalue weighted by Gasteiger charge is -2.34. The summed E-state index contributed by atoms with van der Waals surface area (Å²) in [6.45, 7) is 0.418. The maximum absolute atomic E-state index is 12.3. The molecule has 1 heterocycles. The highest BCUT2D eigenvalue weighted by Gasteiger charge is 2.31. The summed E-state index contributed by atoms with van der Waals surface area (Å²) >= 11 is 0. The van der Waals surface area contributed by atoms with Gasteiger partial charge in [-0.2, -0.15) is 0 Å². The van der Waals surface area contributed by atoms with Gasteiger partial charge in [0.05, 0.1) is 12.6 Å². The van der Waals surface area contributed by atoms with Gasteiger partial charge in [0.1, 0.15) is 0 Å².